The van der Waals surface area contributed by atoms with E-state index in [0.29, 0.717) is 0 Å². The summed E-state index contributed by atoms with van der Waals surface area (Å²) in [5, 5.41) is 5.34. The van der Waals surface area contributed by atoms with Crippen LogP contribution in [0.3, 0.4) is 0 Å². The highest BCUT2D eigenvalue weighted by molar-refractivity contribution is 6.18. The maximum atomic E-state index is 2.46. The molecular weight excluding hydrogens is 376 g/mol. The number of rotatable bonds is 0. The molecule has 0 unspecified atom stereocenters. The number of fused-ring (bicyclic) bond motifs is 9. The topological polar surface area (TPSA) is 9.86 Å². The van der Waals surface area contributed by atoms with Crippen LogP contribution in [0.5, 0.6) is 0 Å². The predicted octanol–water partition coefficient (Wildman–Crippen LogP) is 7.28. The summed E-state index contributed by atoms with van der Waals surface area (Å²) in [7, 11) is 4.39. The summed E-state index contributed by atoms with van der Waals surface area (Å²) in [4.78, 5) is 0. The zero-order chi connectivity index (χ0) is 21.1. The third-order valence-corrected chi connectivity index (χ3v) is 7.74. The molecule has 4 aromatic carbocycles. The van der Waals surface area contributed by atoms with Crippen LogP contribution in [0.1, 0.15) is 25.0 Å². The molecule has 2 nitrogen and oxygen atoms in total. The molecule has 2 aromatic heterocycles. The van der Waals surface area contributed by atoms with Crippen LogP contribution >= 0.6 is 0 Å². The molecule has 0 saturated carbocycles. The first-order valence-electron chi connectivity index (χ1n) is 11.0. The van der Waals surface area contributed by atoms with E-state index in [-0.39, 0.29) is 5.41 Å². The monoisotopic (exact) mass is 400 g/mol. The van der Waals surface area contributed by atoms with Gasteiger partial charge in [-0.1, -0.05) is 56.3 Å². The standard InChI is InChI=1S/C29H24N2/c1-29(2)23-11-7-5-9-17(23)19-14-26-20(13-24(19)29)22-16-27-21(15-28(22)31(26)4)18-10-6-8-12-25(18)30(27)3/h5-16H,1-4H3. The van der Waals surface area contributed by atoms with Crippen LogP contribution in [0.2, 0.25) is 0 Å². The lowest BCUT2D eigenvalue weighted by molar-refractivity contribution is 0.661. The van der Waals surface area contributed by atoms with Crippen LogP contribution in [0.15, 0.2) is 72.8 Å². The Morgan fingerprint density at radius 3 is 1.90 bits per heavy atom. The number of hydrogen-bond acceptors (Lipinski definition) is 0. The van der Waals surface area contributed by atoms with Crippen molar-refractivity contribution in [2.75, 3.05) is 0 Å². The molecule has 0 fully saturated rings. The predicted molar refractivity (Wildman–Crippen MR) is 132 cm³/mol. The smallest absolute Gasteiger partial charge is 0.0496 e. The van der Waals surface area contributed by atoms with Crippen molar-refractivity contribution in [3.05, 3.63) is 83.9 Å². The molecule has 7 rings (SSSR count). The molecule has 2 heterocycles. The van der Waals surface area contributed by atoms with Gasteiger partial charge >= 0.3 is 0 Å². The number of para-hydroxylation sites is 1. The Balaban J connectivity index is 1.64. The van der Waals surface area contributed by atoms with E-state index in [1.165, 1.54) is 65.9 Å². The molecule has 1 aliphatic carbocycles. The van der Waals surface area contributed by atoms with Gasteiger partial charge in [0.15, 0.2) is 0 Å². The Bertz CT molecular complexity index is 1720. The minimum atomic E-state index is 0.0199. The van der Waals surface area contributed by atoms with E-state index in [1.54, 1.807) is 0 Å². The van der Waals surface area contributed by atoms with Crippen LogP contribution in [0.25, 0.3) is 54.7 Å². The molecular formula is C29H24N2. The summed E-state index contributed by atoms with van der Waals surface area (Å²) in [5.74, 6) is 0. The quantitative estimate of drug-likeness (QED) is 0.253. The molecule has 2 heteroatoms. The van der Waals surface area contributed by atoms with E-state index in [4.69, 9.17) is 0 Å². The average molecular weight is 401 g/mol. The third-order valence-electron chi connectivity index (χ3n) is 7.74. The second-order valence-electron chi connectivity index (χ2n) is 9.61. The van der Waals surface area contributed by atoms with E-state index >= 15 is 0 Å². The Morgan fingerprint density at radius 2 is 1.10 bits per heavy atom. The Kier molecular flexibility index (Phi) is 2.99. The van der Waals surface area contributed by atoms with Crippen molar-refractivity contribution in [1.29, 1.82) is 0 Å². The number of hydrogen-bond donors (Lipinski definition) is 0. The average Bonchev–Trinajstić information content (AvgIpc) is 3.32. The highest BCUT2D eigenvalue weighted by atomic mass is 15.0. The van der Waals surface area contributed by atoms with Gasteiger partial charge in [-0.3, -0.25) is 0 Å². The van der Waals surface area contributed by atoms with Gasteiger partial charge in [-0.15, -0.1) is 0 Å². The third kappa shape index (κ3) is 1.94. The van der Waals surface area contributed by atoms with E-state index in [0.717, 1.165) is 0 Å². The summed E-state index contributed by atoms with van der Waals surface area (Å²) in [6.45, 7) is 4.72. The van der Waals surface area contributed by atoms with Gasteiger partial charge in [-0.2, -0.15) is 0 Å². The first-order valence-corrected chi connectivity index (χ1v) is 11.0. The number of benzene rings is 4. The number of nitrogens with zero attached hydrogens (tertiary/aromatic N) is 2. The van der Waals surface area contributed by atoms with Crippen molar-refractivity contribution in [2.24, 2.45) is 14.1 Å². The van der Waals surface area contributed by atoms with E-state index < -0.39 is 0 Å². The Labute approximate surface area is 181 Å². The number of aromatic nitrogens is 2. The van der Waals surface area contributed by atoms with Crippen LogP contribution < -0.4 is 0 Å². The van der Waals surface area contributed by atoms with Gasteiger partial charge in [-0.25, -0.2) is 0 Å². The Morgan fingerprint density at radius 1 is 0.516 bits per heavy atom. The molecule has 1 aliphatic rings. The van der Waals surface area contributed by atoms with Gasteiger partial charge in [0.2, 0.25) is 0 Å². The molecule has 150 valence electrons. The molecule has 0 N–H and O–H groups in total. The molecule has 0 atom stereocenters. The minimum absolute atomic E-state index is 0.0199. The lowest BCUT2D eigenvalue weighted by Crippen LogP contribution is -2.14. The molecule has 0 saturated heterocycles. The first-order chi connectivity index (χ1) is 15.0. The largest absolute Gasteiger partial charge is 0.344 e. The van der Waals surface area contributed by atoms with Crippen LogP contribution in [0.4, 0.5) is 0 Å². The fourth-order valence-electron chi connectivity index (χ4n) is 6.05. The first kappa shape index (κ1) is 17.2. The van der Waals surface area contributed by atoms with Gasteiger partial charge in [0.1, 0.15) is 0 Å². The highest BCUT2D eigenvalue weighted by Crippen LogP contribution is 2.50. The van der Waals surface area contributed by atoms with Crippen molar-refractivity contribution in [3.63, 3.8) is 0 Å². The number of aryl methyl sites for hydroxylation is 2. The zero-order valence-electron chi connectivity index (χ0n) is 18.3. The van der Waals surface area contributed by atoms with Gasteiger partial charge in [0.25, 0.3) is 0 Å². The summed E-state index contributed by atoms with van der Waals surface area (Å²) >= 11 is 0. The summed E-state index contributed by atoms with van der Waals surface area (Å²) < 4.78 is 4.70. The van der Waals surface area contributed by atoms with Gasteiger partial charge in [0.05, 0.1) is 0 Å². The molecule has 0 spiro atoms. The molecule has 0 amide bonds. The maximum Gasteiger partial charge on any atom is 0.0496 e. The highest BCUT2D eigenvalue weighted by Gasteiger charge is 2.35. The summed E-state index contributed by atoms with van der Waals surface area (Å²) in [6, 6.07) is 27.3. The van der Waals surface area contributed by atoms with E-state index in [1.807, 2.05) is 0 Å². The lowest BCUT2D eigenvalue weighted by Gasteiger charge is -2.21. The molecule has 31 heavy (non-hydrogen) atoms. The van der Waals surface area contributed by atoms with Crippen LogP contribution in [-0.2, 0) is 19.5 Å². The second-order valence-corrected chi connectivity index (χ2v) is 9.61. The molecule has 0 bridgehead atoms. The van der Waals surface area contributed by atoms with Crippen molar-refractivity contribution in [3.8, 4) is 11.1 Å². The van der Waals surface area contributed by atoms with Crippen molar-refractivity contribution >= 4 is 43.6 Å². The Hall–Kier alpha value is -3.52. The summed E-state index contributed by atoms with van der Waals surface area (Å²) in [6.07, 6.45) is 0. The van der Waals surface area contributed by atoms with Crippen molar-refractivity contribution in [2.45, 2.75) is 19.3 Å². The minimum Gasteiger partial charge on any atom is -0.344 e. The normalized spacial score (nSPS) is 14.7. The fourth-order valence-corrected chi connectivity index (χ4v) is 6.05. The maximum absolute atomic E-state index is 2.46. The lowest BCUT2D eigenvalue weighted by atomic mass is 9.82. The van der Waals surface area contributed by atoms with Gasteiger partial charge in [0, 0.05) is 63.1 Å². The van der Waals surface area contributed by atoms with Gasteiger partial charge < -0.3 is 9.13 Å². The SMILES string of the molecule is Cn1c2ccccc2c2cc3c(cc21)c1cc2c(cc1n3C)-c1ccccc1C2(C)C. The van der Waals surface area contributed by atoms with E-state index in [2.05, 4.69) is 110 Å². The van der Waals surface area contributed by atoms with Crippen molar-refractivity contribution < 1.29 is 0 Å². The van der Waals surface area contributed by atoms with Crippen LogP contribution in [-0.4, -0.2) is 9.13 Å². The van der Waals surface area contributed by atoms with E-state index in [9.17, 15) is 0 Å². The molecule has 0 radical (unpaired) electrons. The summed E-state index contributed by atoms with van der Waals surface area (Å²) in [5.41, 5.74) is 10.8. The fraction of sp³-hybridized carbons (Fsp3) is 0.172. The second kappa shape index (κ2) is 5.39. The zero-order valence-corrected chi connectivity index (χ0v) is 18.3. The van der Waals surface area contributed by atoms with Crippen LogP contribution in [0, 0.1) is 0 Å². The van der Waals surface area contributed by atoms with Crippen molar-refractivity contribution in [1.82, 2.24) is 9.13 Å². The van der Waals surface area contributed by atoms with Gasteiger partial charge in [-0.05, 0) is 52.6 Å². The molecule has 0 aliphatic heterocycles. The molecule has 6 aromatic rings.